The minimum absolute atomic E-state index is 0.0471. The van der Waals surface area contributed by atoms with Crippen molar-refractivity contribution in [3.63, 3.8) is 0 Å². The predicted octanol–water partition coefficient (Wildman–Crippen LogP) is 1.80. The van der Waals surface area contributed by atoms with Crippen LogP contribution < -0.4 is 0 Å². The molecule has 0 amide bonds. The first kappa shape index (κ1) is 11.0. The molecule has 7 heteroatoms. The fourth-order valence-corrected chi connectivity index (χ4v) is 2.64. The molecule has 92 valence electrons. The van der Waals surface area contributed by atoms with Gasteiger partial charge in [-0.25, -0.2) is 14.3 Å². The van der Waals surface area contributed by atoms with Crippen LogP contribution >= 0.6 is 11.3 Å². The third-order valence-electron chi connectivity index (χ3n) is 2.82. The van der Waals surface area contributed by atoms with E-state index in [1.807, 2.05) is 24.6 Å². The van der Waals surface area contributed by atoms with Crippen LogP contribution in [0.2, 0.25) is 0 Å². The van der Waals surface area contributed by atoms with Crippen molar-refractivity contribution in [1.29, 1.82) is 0 Å². The van der Waals surface area contributed by atoms with Crippen molar-refractivity contribution in [2.75, 3.05) is 0 Å². The second kappa shape index (κ2) is 3.67. The molecule has 0 unspecified atom stereocenters. The lowest BCUT2D eigenvalue weighted by Crippen LogP contribution is -2.01. The number of aromatic carboxylic acids is 1. The minimum atomic E-state index is -1.03. The molecule has 0 saturated heterocycles. The molecule has 0 atom stereocenters. The van der Waals surface area contributed by atoms with Gasteiger partial charge in [-0.15, -0.1) is 16.4 Å². The zero-order chi connectivity index (χ0) is 12.9. The first-order valence-corrected chi connectivity index (χ1v) is 6.17. The van der Waals surface area contributed by atoms with Gasteiger partial charge in [0.05, 0.1) is 10.6 Å². The highest BCUT2D eigenvalue weighted by molar-refractivity contribution is 7.13. The largest absolute Gasteiger partial charge is 0.476 e. The van der Waals surface area contributed by atoms with Crippen LogP contribution in [0.3, 0.4) is 0 Å². The topological polar surface area (TPSA) is 72.4 Å². The van der Waals surface area contributed by atoms with Crippen molar-refractivity contribution < 1.29 is 9.90 Å². The van der Waals surface area contributed by atoms with Gasteiger partial charge in [-0.05, 0) is 18.4 Å². The van der Waals surface area contributed by atoms with Crippen LogP contribution in [0.1, 0.15) is 16.2 Å². The number of carboxylic acid groups (broad SMARTS) is 1. The van der Waals surface area contributed by atoms with Crippen molar-refractivity contribution in [1.82, 2.24) is 19.2 Å². The molecule has 0 spiro atoms. The van der Waals surface area contributed by atoms with Gasteiger partial charge in [0, 0.05) is 7.05 Å². The molecule has 0 bridgehead atoms. The molecule has 3 heterocycles. The molecular weight excluding hydrogens is 252 g/mol. The van der Waals surface area contributed by atoms with E-state index in [0.29, 0.717) is 11.5 Å². The van der Waals surface area contributed by atoms with E-state index in [9.17, 15) is 4.79 Å². The molecule has 3 aromatic heterocycles. The SMILES string of the molecule is Cc1c(C(=O)O)nc2n(C)c(-c3cccs3)nn12. The van der Waals surface area contributed by atoms with Crippen LogP contribution in [0.15, 0.2) is 17.5 Å². The summed E-state index contributed by atoms with van der Waals surface area (Å²) in [5.74, 6) is 0.288. The maximum atomic E-state index is 11.0. The number of thiophene rings is 1. The van der Waals surface area contributed by atoms with Crippen LogP contribution in [0.5, 0.6) is 0 Å². The maximum Gasteiger partial charge on any atom is 0.356 e. The Morgan fingerprint density at radius 1 is 1.50 bits per heavy atom. The van der Waals surface area contributed by atoms with Gasteiger partial charge in [0.15, 0.2) is 11.5 Å². The van der Waals surface area contributed by atoms with E-state index in [-0.39, 0.29) is 5.69 Å². The first-order chi connectivity index (χ1) is 8.59. The summed E-state index contributed by atoms with van der Waals surface area (Å²) in [6.45, 7) is 1.70. The van der Waals surface area contributed by atoms with Crippen molar-refractivity contribution in [3.05, 3.63) is 28.9 Å². The highest BCUT2D eigenvalue weighted by atomic mass is 32.1. The van der Waals surface area contributed by atoms with Gasteiger partial charge < -0.3 is 5.11 Å². The van der Waals surface area contributed by atoms with Gasteiger partial charge in [-0.3, -0.25) is 4.57 Å². The molecule has 0 radical (unpaired) electrons. The van der Waals surface area contributed by atoms with E-state index in [1.165, 1.54) is 0 Å². The Labute approximate surface area is 106 Å². The van der Waals surface area contributed by atoms with Gasteiger partial charge in [0.25, 0.3) is 0 Å². The normalized spacial score (nSPS) is 11.2. The molecule has 6 nitrogen and oxygen atoms in total. The number of aromatic nitrogens is 4. The fraction of sp³-hybridized carbons (Fsp3) is 0.182. The lowest BCUT2D eigenvalue weighted by Gasteiger charge is -1.95. The van der Waals surface area contributed by atoms with Gasteiger partial charge in [0.1, 0.15) is 0 Å². The lowest BCUT2D eigenvalue weighted by molar-refractivity contribution is 0.0690. The molecule has 18 heavy (non-hydrogen) atoms. The van der Waals surface area contributed by atoms with Gasteiger partial charge in [-0.2, -0.15) is 0 Å². The maximum absolute atomic E-state index is 11.0. The van der Waals surface area contributed by atoms with E-state index < -0.39 is 5.97 Å². The second-order valence-corrected chi connectivity index (χ2v) is 4.87. The Morgan fingerprint density at radius 2 is 2.28 bits per heavy atom. The quantitative estimate of drug-likeness (QED) is 0.764. The summed E-state index contributed by atoms with van der Waals surface area (Å²) in [5.41, 5.74) is 0.585. The highest BCUT2D eigenvalue weighted by Crippen LogP contribution is 2.24. The molecule has 0 fully saturated rings. The second-order valence-electron chi connectivity index (χ2n) is 3.92. The lowest BCUT2D eigenvalue weighted by atomic mass is 10.3. The third-order valence-corrected chi connectivity index (χ3v) is 3.68. The van der Waals surface area contributed by atoms with Crippen LogP contribution in [-0.4, -0.2) is 30.2 Å². The zero-order valence-corrected chi connectivity index (χ0v) is 10.6. The first-order valence-electron chi connectivity index (χ1n) is 5.29. The third kappa shape index (κ3) is 1.37. The molecule has 0 aliphatic rings. The molecule has 0 aliphatic heterocycles. The summed E-state index contributed by atoms with van der Waals surface area (Å²) in [6.07, 6.45) is 0. The van der Waals surface area contributed by atoms with E-state index in [4.69, 9.17) is 5.11 Å². The molecule has 0 aromatic carbocycles. The van der Waals surface area contributed by atoms with Crippen molar-refractivity contribution >= 4 is 23.1 Å². The Kier molecular flexibility index (Phi) is 2.24. The number of fused-ring (bicyclic) bond motifs is 1. The van der Waals surface area contributed by atoms with Gasteiger partial charge >= 0.3 is 5.97 Å². The number of carboxylic acids is 1. The standard InChI is InChI=1S/C11H10N4O2S/c1-6-8(10(16)17)12-11-14(2)9(13-15(6)11)7-4-3-5-18-7/h3-5H,1-2H3,(H,16,17). The Bertz CT molecular complexity index is 739. The van der Waals surface area contributed by atoms with E-state index >= 15 is 0 Å². The zero-order valence-electron chi connectivity index (χ0n) is 9.78. The molecule has 3 aromatic rings. The van der Waals surface area contributed by atoms with Crippen molar-refractivity contribution in [2.45, 2.75) is 6.92 Å². The van der Waals surface area contributed by atoms with E-state index in [2.05, 4.69) is 10.1 Å². The summed E-state index contributed by atoms with van der Waals surface area (Å²) < 4.78 is 3.36. The van der Waals surface area contributed by atoms with Crippen LogP contribution in [0, 0.1) is 6.92 Å². The Hall–Kier alpha value is -2.15. The van der Waals surface area contributed by atoms with Crippen molar-refractivity contribution in [3.8, 4) is 10.7 Å². The average Bonchev–Trinajstić information content (AvgIpc) is 2.98. The molecular formula is C11H10N4O2S. The molecule has 0 saturated carbocycles. The average molecular weight is 262 g/mol. The summed E-state index contributed by atoms with van der Waals surface area (Å²) >= 11 is 1.58. The monoisotopic (exact) mass is 262 g/mol. The van der Waals surface area contributed by atoms with Crippen LogP contribution in [0.25, 0.3) is 16.5 Å². The minimum Gasteiger partial charge on any atom is -0.476 e. The molecule has 3 rings (SSSR count). The predicted molar refractivity (Wildman–Crippen MR) is 67.0 cm³/mol. The van der Waals surface area contributed by atoms with Crippen molar-refractivity contribution in [2.24, 2.45) is 7.05 Å². The highest BCUT2D eigenvalue weighted by Gasteiger charge is 2.20. The number of nitrogens with zero attached hydrogens (tertiary/aromatic N) is 4. The number of rotatable bonds is 2. The van der Waals surface area contributed by atoms with Gasteiger partial charge in [-0.1, -0.05) is 6.07 Å². The number of hydrogen-bond acceptors (Lipinski definition) is 4. The smallest absolute Gasteiger partial charge is 0.356 e. The number of carbonyl (C=O) groups is 1. The Morgan fingerprint density at radius 3 is 2.83 bits per heavy atom. The van der Waals surface area contributed by atoms with Gasteiger partial charge in [0.2, 0.25) is 5.78 Å². The number of imidazole rings is 1. The summed E-state index contributed by atoms with van der Waals surface area (Å²) in [5, 5.41) is 15.4. The Balaban J connectivity index is 2.28. The number of hydrogen-bond donors (Lipinski definition) is 1. The number of aryl methyl sites for hydroxylation is 2. The van der Waals surface area contributed by atoms with E-state index in [0.717, 1.165) is 10.7 Å². The summed E-state index contributed by atoms with van der Waals surface area (Å²) in [7, 11) is 1.83. The summed E-state index contributed by atoms with van der Waals surface area (Å²) in [6, 6.07) is 3.92. The van der Waals surface area contributed by atoms with Crippen LogP contribution in [0.4, 0.5) is 0 Å². The van der Waals surface area contributed by atoms with E-state index in [1.54, 1.807) is 27.3 Å². The molecule has 1 N–H and O–H groups in total. The fourth-order valence-electron chi connectivity index (χ4n) is 1.89. The van der Waals surface area contributed by atoms with Crippen LogP contribution in [-0.2, 0) is 7.05 Å². The summed E-state index contributed by atoms with van der Waals surface area (Å²) in [4.78, 5) is 16.1. The molecule has 0 aliphatic carbocycles.